The molecule has 3 aromatic rings. The molecule has 2 aromatic carbocycles. The summed E-state index contributed by atoms with van der Waals surface area (Å²) in [5.41, 5.74) is 2.21. The van der Waals surface area contributed by atoms with E-state index in [1.807, 2.05) is 31.2 Å². The van der Waals surface area contributed by atoms with Crippen LogP contribution in [0, 0.1) is 6.92 Å². The van der Waals surface area contributed by atoms with E-state index in [1.54, 1.807) is 24.3 Å². The Morgan fingerprint density at radius 2 is 1.87 bits per heavy atom. The van der Waals surface area contributed by atoms with Crippen molar-refractivity contribution in [2.45, 2.75) is 12.8 Å². The summed E-state index contributed by atoms with van der Waals surface area (Å²) in [6.45, 7) is 1.90. The van der Waals surface area contributed by atoms with Gasteiger partial charge >= 0.3 is 5.97 Å². The van der Waals surface area contributed by atoms with Crippen LogP contribution in [0.4, 0.5) is 0 Å². The highest BCUT2D eigenvalue weighted by molar-refractivity contribution is 5.84. The van der Waals surface area contributed by atoms with E-state index in [9.17, 15) is 9.59 Å². The van der Waals surface area contributed by atoms with E-state index < -0.39 is 11.9 Å². The molecular weight excluding hydrogens is 292 g/mol. The highest BCUT2D eigenvalue weighted by atomic mass is 16.5. The van der Waals surface area contributed by atoms with E-state index in [4.69, 9.17) is 9.15 Å². The predicted octanol–water partition coefficient (Wildman–Crippen LogP) is 3.41. The third kappa shape index (κ3) is 2.75. The summed E-state index contributed by atoms with van der Waals surface area (Å²) in [4.78, 5) is 25.1. The van der Waals surface area contributed by atoms with Gasteiger partial charge in [-0.25, -0.2) is 0 Å². The molecule has 0 bridgehead atoms. The van der Waals surface area contributed by atoms with Crippen molar-refractivity contribution in [2.24, 2.45) is 0 Å². The summed E-state index contributed by atoms with van der Waals surface area (Å²) in [6.07, 6.45) is 1.36. The number of carbonyl (C=O) groups excluding carboxylic acids is 1. The monoisotopic (exact) mass is 308 g/mol. The van der Waals surface area contributed by atoms with Gasteiger partial charge in [0.2, 0.25) is 0 Å². The van der Waals surface area contributed by atoms with Crippen molar-refractivity contribution in [3.63, 3.8) is 0 Å². The predicted molar refractivity (Wildman–Crippen MR) is 87.5 cm³/mol. The van der Waals surface area contributed by atoms with Crippen molar-refractivity contribution >= 4 is 16.9 Å². The van der Waals surface area contributed by atoms with Crippen LogP contribution in [-0.2, 0) is 9.53 Å². The number of ether oxygens (including phenoxy) is 1. The molecule has 0 radical (unpaired) electrons. The van der Waals surface area contributed by atoms with Crippen molar-refractivity contribution in [3.8, 4) is 0 Å². The number of benzene rings is 2. The normalized spacial score (nSPS) is 12.1. The van der Waals surface area contributed by atoms with E-state index in [0.717, 1.165) is 5.56 Å². The zero-order chi connectivity index (χ0) is 16.4. The van der Waals surface area contributed by atoms with Gasteiger partial charge in [0.15, 0.2) is 5.43 Å². The van der Waals surface area contributed by atoms with Crippen LogP contribution in [0.2, 0.25) is 0 Å². The zero-order valence-corrected chi connectivity index (χ0v) is 12.9. The lowest BCUT2D eigenvalue weighted by Crippen LogP contribution is -2.22. The smallest absolute Gasteiger partial charge is 0.317 e. The summed E-state index contributed by atoms with van der Waals surface area (Å²) in [7, 11) is 1.31. The van der Waals surface area contributed by atoms with Gasteiger partial charge in [-0.05, 0) is 24.6 Å². The van der Waals surface area contributed by atoms with Gasteiger partial charge in [0.1, 0.15) is 11.5 Å². The molecule has 3 rings (SSSR count). The standard InChI is InChI=1S/C19H16O4/c1-12-8-9-16-14(10-12)18(20)15(11-23-16)17(19(21)22-2)13-6-4-3-5-7-13/h3-11,17H,1-2H3. The Morgan fingerprint density at radius 3 is 2.57 bits per heavy atom. The first kappa shape index (κ1) is 15.0. The summed E-state index contributed by atoms with van der Waals surface area (Å²) < 4.78 is 10.5. The number of hydrogen-bond donors (Lipinski definition) is 0. The number of aryl methyl sites for hydroxylation is 1. The number of fused-ring (bicyclic) bond motifs is 1. The number of hydrogen-bond acceptors (Lipinski definition) is 4. The first-order valence-electron chi connectivity index (χ1n) is 7.26. The molecule has 1 heterocycles. The van der Waals surface area contributed by atoms with Crippen molar-refractivity contribution in [1.29, 1.82) is 0 Å². The Bertz CT molecular complexity index is 910. The first-order valence-corrected chi connectivity index (χ1v) is 7.26. The van der Waals surface area contributed by atoms with Gasteiger partial charge in [0.05, 0.1) is 24.3 Å². The SMILES string of the molecule is COC(=O)C(c1ccccc1)c1coc2ccc(C)cc2c1=O. The molecule has 0 aliphatic heterocycles. The highest BCUT2D eigenvalue weighted by Gasteiger charge is 2.27. The molecule has 4 nitrogen and oxygen atoms in total. The number of methoxy groups -OCH3 is 1. The minimum atomic E-state index is -0.803. The Morgan fingerprint density at radius 1 is 1.13 bits per heavy atom. The molecule has 0 saturated carbocycles. The van der Waals surface area contributed by atoms with Crippen LogP contribution in [0.25, 0.3) is 11.0 Å². The minimum absolute atomic E-state index is 0.214. The van der Waals surface area contributed by atoms with Crippen LogP contribution < -0.4 is 5.43 Å². The van der Waals surface area contributed by atoms with Gasteiger partial charge < -0.3 is 9.15 Å². The van der Waals surface area contributed by atoms with Gasteiger partial charge in [0, 0.05) is 0 Å². The fourth-order valence-electron chi connectivity index (χ4n) is 2.67. The molecule has 1 aromatic heterocycles. The molecule has 0 fully saturated rings. The Kier molecular flexibility index (Phi) is 3.98. The lowest BCUT2D eigenvalue weighted by Gasteiger charge is -2.15. The van der Waals surface area contributed by atoms with Crippen LogP contribution in [-0.4, -0.2) is 13.1 Å². The molecule has 0 amide bonds. The molecule has 116 valence electrons. The lowest BCUT2D eigenvalue weighted by atomic mass is 9.91. The van der Waals surface area contributed by atoms with Gasteiger partial charge in [-0.3, -0.25) is 9.59 Å². The van der Waals surface area contributed by atoms with Crippen molar-refractivity contribution in [3.05, 3.63) is 81.7 Å². The molecule has 0 aliphatic rings. The van der Waals surface area contributed by atoms with Gasteiger partial charge in [-0.2, -0.15) is 0 Å². The van der Waals surface area contributed by atoms with Gasteiger partial charge in [0.25, 0.3) is 0 Å². The second-order valence-corrected chi connectivity index (χ2v) is 5.39. The van der Waals surface area contributed by atoms with E-state index >= 15 is 0 Å². The average molecular weight is 308 g/mol. The van der Waals surface area contributed by atoms with Gasteiger partial charge in [-0.15, -0.1) is 0 Å². The van der Waals surface area contributed by atoms with Crippen LogP contribution in [0.15, 0.2) is 64.0 Å². The van der Waals surface area contributed by atoms with Crippen LogP contribution >= 0.6 is 0 Å². The molecule has 0 spiro atoms. The lowest BCUT2D eigenvalue weighted by molar-refractivity contribution is -0.141. The molecule has 4 heteroatoms. The average Bonchev–Trinajstić information content (AvgIpc) is 2.58. The maximum absolute atomic E-state index is 12.8. The van der Waals surface area contributed by atoms with Crippen LogP contribution in [0.1, 0.15) is 22.6 Å². The minimum Gasteiger partial charge on any atom is -0.468 e. The second-order valence-electron chi connectivity index (χ2n) is 5.39. The quantitative estimate of drug-likeness (QED) is 0.696. The molecule has 0 saturated heterocycles. The molecule has 0 N–H and O–H groups in total. The molecule has 1 atom stereocenters. The summed E-state index contributed by atoms with van der Waals surface area (Å²) in [5, 5.41) is 0.465. The first-order chi connectivity index (χ1) is 11.1. The maximum atomic E-state index is 12.8. The van der Waals surface area contributed by atoms with Crippen molar-refractivity contribution in [2.75, 3.05) is 7.11 Å². The van der Waals surface area contributed by atoms with E-state index in [-0.39, 0.29) is 11.0 Å². The zero-order valence-electron chi connectivity index (χ0n) is 12.9. The Labute approximate surface area is 133 Å². The maximum Gasteiger partial charge on any atom is 0.317 e. The summed E-state index contributed by atoms with van der Waals surface area (Å²) in [5.74, 6) is -1.29. The Hall–Kier alpha value is -2.88. The van der Waals surface area contributed by atoms with E-state index in [1.165, 1.54) is 13.4 Å². The fraction of sp³-hybridized carbons (Fsp3) is 0.158. The van der Waals surface area contributed by atoms with E-state index in [0.29, 0.717) is 16.5 Å². The highest BCUT2D eigenvalue weighted by Crippen LogP contribution is 2.25. The molecular formula is C19H16O4. The van der Waals surface area contributed by atoms with Gasteiger partial charge in [-0.1, -0.05) is 42.0 Å². The fourth-order valence-corrected chi connectivity index (χ4v) is 2.67. The number of esters is 1. The van der Waals surface area contributed by atoms with Crippen molar-refractivity contribution < 1.29 is 13.9 Å². The van der Waals surface area contributed by atoms with Crippen LogP contribution in [0.3, 0.4) is 0 Å². The van der Waals surface area contributed by atoms with Crippen LogP contribution in [0.5, 0.6) is 0 Å². The largest absolute Gasteiger partial charge is 0.468 e. The topological polar surface area (TPSA) is 56.5 Å². The molecule has 23 heavy (non-hydrogen) atoms. The molecule has 1 unspecified atom stereocenters. The summed E-state index contributed by atoms with van der Waals surface area (Å²) >= 11 is 0. The number of rotatable bonds is 3. The summed E-state index contributed by atoms with van der Waals surface area (Å²) in [6, 6.07) is 14.5. The molecule has 0 aliphatic carbocycles. The van der Waals surface area contributed by atoms with E-state index in [2.05, 4.69) is 0 Å². The third-order valence-corrected chi connectivity index (χ3v) is 3.84. The number of carbonyl (C=O) groups is 1. The second kappa shape index (κ2) is 6.08. The third-order valence-electron chi connectivity index (χ3n) is 3.84. The van der Waals surface area contributed by atoms with Crippen molar-refractivity contribution in [1.82, 2.24) is 0 Å². The Balaban J connectivity index is 2.25.